The molecule has 0 aliphatic rings. The quantitative estimate of drug-likeness (QED) is 0.765. The summed E-state index contributed by atoms with van der Waals surface area (Å²) in [7, 11) is 0. The largest absolute Gasteiger partial charge is 0.421 e. The van der Waals surface area contributed by atoms with E-state index in [0.717, 1.165) is 5.01 Å². The van der Waals surface area contributed by atoms with Gasteiger partial charge in [-0.3, -0.25) is 10.1 Å². The maximum Gasteiger partial charge on any atom is 0.421 e. The van der Waals surface area contributed by atoms with E-state index in [-0.39, 0.29) is 6.54 Å². The predicted octanol–water partition coefficient (Wildman–Crippen LogP) is 0.788. The molecule has 1 N–H and O–H groups in total. The Morgan fingerprint density at radius 1 is 1.50 bits per heavy atom. The highest BCUT2D eigenvalue weighted by Crippen LogP contribution is 2.14. The second kappa shape index (κ2) is 4.85. The van der Waals surface area contributed by atoms with Gasteiger partial charge in [-0.25, -0.2) is 14.3 Å². The monoisotopic (exact) mass is 291 g/mol. The van der Waals surface area contributed by atoms with Crippen LogP contribution in [0.15, 0.2) is 27.5 Å². The van der Waals surface area contributed by atoms with Crippen molar-refractivity contribution < 1.29 is 9.21 Å². The van der Waals surface area contributed by atoms with Crippen molar-refractivity contribution in [2.24, 2.45) is 0 Å². The van der Waals surface area contributed by atoms with Gasteiger partial charge in [-0.2, -0.15) is 0 Å². The molecule has 0 saturated heterocycles. The summed E-state index contributed by atoms with van der Waals surface area (Å²) in [5.41, 5.74) is 0.679. The molecule has 20 heavy (non-hydrogen) atoms. The molecule has 3 heterocycles. The van der Waals surface area contributed by atoms with E-state index in [4.69, 9.17) is 4.42 Å². The Hall–Kier alpha value is -2.55. The van der Waals surface area contributed by atoms with E-state index in [1.54, 1.807) is 19.1 Å². The third-order valence-electron chi connectivity index (χ3n) is 2.50. The van der Waals surface area contributed by atoms with Crippen LogP contribution in [0.4, 0.5) is 5.13 Å². The highest BCUT2D eigenvalue weighted by molar-refractivity contribution is 7.15. The summed E-state index contributed by atoms with van der Waals surface area (Å²) in [6, 6.07) is 3.27. The standard InChI is InChI=1S/C11H9N5O3S/c1-6-14-15-10(20-6)13-8(17)5-16-9-7(19-11(16)18)3-2-4-12-9/h2-4H,5H2,1H3,(H,13,15,17). The van der Waals surface area contributed by atoms with E-state index in [1.165, 1.54) is 22.1 Å². The lowest BCUT2D eigenvalue weighted by Gasteiger charge is -2.01. The molecule has 8 nitrogen and oxygen atoms in total. The summed E-state index contributed by atoms with van der Waals surface area (Å²) in [5.74, 6) is -1.01. The molecule has 102 valence electrons. The van der Waals surface area contributed by atoms with E-state index in [2.05, 4.69) is 20.5 Å². The molecular formula is C11H9N5O3S. The Bertz CT molecular complexity index is 834. The van der Waals surface area contributed by atoms with E-state index in [1.807, 2.05) is 0 Å². The van der Waals surface area contributed by atoms with Gasteiger partial charge in [0.15, 0.2) is 11.2 Å². The number of carbonyl (C=O) groups excluding carboxylic acids is 1. The smallest absolute Gasteiger partial charge is 0.406 e. The first-order valence-electron chi connectivity index (χ1n) is 5.68. The second-order valence-electron chi connectivity index (χ2n) is 3.95. The number of amides is 1. The fourth-order valence-electron chi connectivity index (χ4n) is 1.69. The van der Waals surface area contributed by atoms with Gasteiger partial charge in [-0.15, -0.1) is 10.2 Å². The summed E-state index contributed by atoms with van der Waals surface area (Å²) in [6.07, 6.45) is 1.53. The lowest BCUT2D eigenvalue weighted by molar-refractivity contribution is -0.116. The van der Waals surface area contributed by atoms with Crippen LogP contribution in [0.25, 0.3) is 11.2 Å². The minimum absolute atomic E-state index is 0.193. The van der Waals surface area contributed by atoms with Gasteiger partial charge in [0.2, 0.25) is 11.0 Å². The van der Waals surface area contributed by atoms with E-state index < -0.39 is 11.7 Å². The third-order valence-corrected chi connectivity index (χ3v) is 3.25. The maximum atomic E-state index is 11.9. The SMILES string of the molecule is Cc1nnc(NC(=O)Cn2c(=O)oc3cccnc32)s1. The van der Waals surface area contributed by atoms with Crippen LogP contribution in [0, 0.1) is 6.92 Å². The molecule has 0 atom stereocenters. The number of fused-ring (bicyclic) bond motifs is 1. The number of rotatable bonds is 3. The van der Waals surface area contributed by atoms with Crippen molar-refractivity contribution >= 4 is 33.6 Å². The Kier molecular flexibility index (Phi) is 3.03. The summed E-state index contributed by atoms with van der Waals surface area (Å²) in [5, 5.41) is 11.3. The number of pyridine rings is 1. The molecule has 0 radical (unpaired) electrons. The second-order valence-corrected chi connectivity index (χ2v) is 5.14. The minimum atomic E-state index is -0.623. The highest BCUT2D eigenvalue weighted by Gasteiger charge is 2.14. The Morgan fingerprint density at radius 3 is 3.10 bits per heavy atom. The first kappa shape index (κ1) is 12.5. The van der Waals surface area contributed by atoms with Gasteiger partial charge < -0.3 is 4.42 Å². The van der Waals surface area contributed by atoms with Crippen LogP contribution in [-0.4, -0.2) is 25.7 Å². The van der Waals surface area contributed by atoms with Crippen molar-refractivity contribution in [3.05, 3.63) is 33.9 Å². The minimum Gasteiger partial charge on any atom is -0.406 e. The van der Waals surface area contributed by atoms with Gasteiger partial charge in [-0.1, -0.05) is 11.3 Å². The first-order valence-corrected chi connectivity index (χ1v) is 6.49. The van der Waals surface area contributed by atoms with Crippen LogP contribution in [-0.2, 0) is 11.3 Å². The normalized spacial score (nSPS) is 10.8. The van der Waals surface area contributed by atoms with Gasteiger partial charge in [0.25, 0.3) is 0 Å². The highest BCUT2D eigenvalue weighted by atomic mass is 32.1. The first-order chi connectivity index (χ1) is 9.63. The van der Waals surface area contributed by atoms with Crippen LogP contribution in [0.3, 0.4) is 0 Å². The zero-order valence-electron chi connectivity index (χ0n) is 10.4. The van der Waals surface area contributed by atoms with Gasteiger partial charge in [0.05, 0.1) is 0 Å². The maximum absolute atomic E-state index is 11.9. The number of hydrogen-bond donors (Lipinski definition) is 1. The zero-order chi connectivity index (χ0) is 14.1. The number of aromatic nitrogens is 4. The molecule has 0 unspecified atom stereocenters. The molecule has 0 bridgehead atoms. The van der Waals surface area contributed by atoms with Crippen molar-refractivity contribution in [3.8, 4) is 0 Å². The molecule has 9 heteroatoms. The molecule has 0 aromatic carbocycles. The molecule has 0 spiro atoms. The Morgan fingerprint density at radius 2 is 2.35 bits per heavy atom. The topological polar surface area (TPSA) is 103 Å². The fraction of sp³-hybridized carbons (Fsp3) is 0.182. The number of carbonyl (C=O) groups is 1. The number of aryl methyl sites for hydroxylation is 1. The van der Waals surface area contributed by atoms with E-state index >= 15 is 0 Å². The average Bonchev–Trinajstić information content (AvgIpc) is 2.94. The van der Waals surface area contributed by atoms with Gasteiger partial charge in [0, 0.05) is 6.20 Å². The summed E-state index contributed by atoms with van der Waals surface area (Å²) in [4.78, 5) is 27.6. The van der Waals surface area contributed by atoms with Gasteiger partial charge in [-0.05, 0) is 19.1 Å². The third kappa shape index (κ3) is 2.30. The molecule has 0 aliphatic heterocycles. The molecule has 0 saturated carbocycles. The van der Waals surface area contributed by atoms with Crippen molar-refractivity contribution in [1.29, 1.82) is 0 Å². The number of nitrogens with zero attached hydrogens (tertiary/aromatic N) is 4. The van der Waals surface area contributed by atoms with Crippen LogP contribution in [0.2, 0.25) is 0 Å². The van der Waals surface area contributed by atoms with E-state index in [9.17, 15) is 9.59 Å². The van der Waals surface area contributed by atoms with Crippen molar-refractivity contribution in [2.45, 2.75) is 13.5 Å². The zero-order valence-corrected chi connectivity index (χ0v) is 11.2. The van der Waals surface area contributed by atoms with Crippen LogP contribution < -0.4 is 11.1 Å². The van der Waals surface area contributed by atoms with E-state index in [0.29, 0.717) is 16.4 Å². The summed E-state index contributed by atoms with van der Waals surface area (Å²) < 4.78 is 6.16. The summed E-state index contributed by atoms with van der Waals surface area (Å²) in [6.45, 7) is 1.59. The molecule has 0 fully saturated rings. The summed E-state index contributed by atoms with van der Waals surface area (Å²) >= 11 is 1.26. The molecule has 1 amide bonds. The Balaban J connectivity index is 1.84. The van der Waals surface area contributed by atoms with Crippen molar-refractivity contribution in [1.82, 2.24) is 19.7 Å². The van der Waals surface area contributed by atoms with Crippen LogP contribution in [0.5, 0.6) is 0 Å². The molecule has 3 aromatic heterocycles. The molecule has 3 rings (SSSR count). The van der Waals surface area contributed by atoms with Crippen LogP contribution >= 0.6 is 11.3 Å². The fourth-order valence-corrected chi connectivity index (χ4v) is 2.30. The van der Waals surface area contributed by atoms with Crippen LogP contribution in [0.1, 0.15) is 5.01 Å². The lowest BCUT2D eigenvalue weighted by Crippen LogP contribution is -2.25. The number of hydrogen-bond acceptors (Lipinski definition) is 7. The molecule has 0 aliphatic carbocycles. The number of nitrogens with one attached hydrogen (secondary N) is 1. The molecule has 3 aromatic rings. The van der Waals surface area contributed by atoms with Crippen molar-refractivity contribution in [2.75, 3.05) is 5.32 Å². The van der Waals surface area contributed by atoms with Gasteiger partial charge >= 0.3 is 5.76 Å². The van der Waals surface area contributed by atoms with Gasteiger partial charge in [0.1, 0.15) is 11.6 Å². The molecular weight excluding hydrogens is 282 g/mol. The number of oxazole rings is 1. The lowest BCUT2D eigenvalue weighted by atomic mass is 10.4. The predicted molar refractivity (Wildman–Crippen MR) is 71.5 cm³/mol. The number of anilines is 1. The Labute approximate surface area is 116 Å². The van der Waals surface area contributed by atoms with Crippen molar-refractivity contribution in [3.63, 3.8) is 0 Å². The average molecular weight is 291 g/mol.